The molecule has 2 fully saturated rings. The summed E-state index contributed by atoms with van der Waals surface area (Å²) in [6.45, 7) is 1.58. The van der Waals surface area contributed by atoms with E-state index in [4.69, 9.17) is 11.6 Å². The Bertz CT molecular complexity index is 711. The molecule has 2 aromatic rings. The standard InChI is InChI=1S/C15H18ClN5O/c16-11-3-6-13-18-19-15(21(13)9-11)20-7-1-2-10(8-20)14(22)17-12-4-5-12/h3,6,9-10,12H,1-2,4-5,7-8H2,(H,17,22). The summed E-state index contributed by atoms with van der Waals surface area (Å²) in [5.74, 6) is 0.973. The van der Waals surface area contributed by atoms with Gasteiger partial charge >= 0.3 is 0 Å². The van der Waals surface area contributed by atoms with E-state index in [1.54, 1.807) is 6.07 Å². The molecule has 116 valence electrons. The second-order valence-electron chi connectivity index (χ2n) is 6.14. The van der Waals surface area contributed by atoms with Crippen LogP contribution in [0.5, 0.6) is 0 Å². The normalized spacial score (nSPS) is 22.0. The maximum absolute atomic E-state index is 12.3. The minimum atomic E-state index is 0.0286. The summed E-state index contributed by atoms with van der Waals surface area (Å²) in [7, 11) is 0. The number of hydrogen-bond donors (Lipinski definition) is 1. The average molecular weight is 320 g/mol. The number of halogens is 1. The molecule has 4 rings (SSSR count). The minimum Gasteiger partial charge on any atom is -0.353 e. The van der Waals surface area contributed by atoms with E-state index in [0.717, 1.165) is 43.8 Å². The summed E-state index contributed by atoms with van der Waals surface area (Å²) in [6, 6.07) is 4.06. The number of hydrogen-bond acceptors (Lipinski definition) is 4. The second kappa shape index (κ2) is 5.43. The average Bonchev–Trinajstić information content (AvgIpc) is 3.24. The van der Waals surface area contributed by atoms with E-state index in [2.05, 4.69) is 20.4 Å². The fourth-order valence-electron chi connectivity index (χ4n) is 2.99. The molecule has 7 heteroatoms. The summed E-state index contributed by atoms with van der Waals surface area (Å²) < 4.78 is 1.89. The molecule has 2 aliphatic rings. The molecule has 1 amide bonds. The molecule has 1 aliphatic heterocycles. The van der Waals surface area contributed by atoms with Gasteiger partial charge < -0.3 is 10.2 Å². The number of fused-ring (bicyclic) bond motifs is 1. The highest BCUT2D eigenvalue weighted by Gasteiger charge is 2.31. The van der Waals surface area contributed by atoms with Gasteiger partial charge in [-0.25, -0.2) is 0 Å². The lowest BCUT2D eigenvalue weighted by atomic mass is 9.97. The van der Waals surface area contributed by atoms with Crippen LogP contribution in [0.4, 0.5) is 5.95 Å². The van der Waals surface area contributed by atoms with Crippen molar-refractivity contribution in [1.29, 1.82) is 0 Å². The zero-order valence-electron chi connectivity index (χ0n) is 12.2. The van der Waals surface area contributed by atoms with Crippen LogP contribution in [0.15, 0.2) is 18.3 Å². The van der Waals surface area contributed by atoms with E-state index in [-0.39, 0.29) is 11.8 Å². The Kier molecular flexibility index (Phi) is 3.41. The number of pyridine rings is 1. The third-order valence-corrected chi connectivity index (χ3v) is 4.57. The molecule has 3 heterocycles. The zero-order valence-corrected chi connectivity index (χ0v) is 13.0. The number of amides is 1. The predicted molar refractivity (Wildman–Crippen MR) is 84.1 cm³/mol. The van der Waals surface area contributed by atoms with Crippen molar-refractivity contribution in [2.24, 2.45) is 5.92 Å². The molecular formula is C15H18ClN5O. The van der Waals surface area contributed by atoms with E-state index < -0.39 is 0 Å². The van der Waals surface area contributed by atoms with Crippen molar-refractivity contribution in [1.82, 2.24) is 19.9 Å². The Morgan fingerprint density at radius 1 is 1.27 bits per heavy atom. The molecule has 0 spiro atoms. The monoisotopic (exact) mass is 319 g/mol. The number of nitrogens with one attached hydrogen (secondary N) is 1. The number of carbonyl (C=O) groups is 1. The van der Waals surface area contributed by atoms with Gasteiger partial charge in [0, 0.05) is 25.3 Å². The first-order valence-electron chi connectivity index (χ1n) is 7.76. The summed E-state index contributed by atoms with van der Waals surface area (Å²) in [5.41, 5.74) is 0.768. The maximum atomic E-state index is 12.3. The van der Waals surface area contributed by atoms with Gasteiger partial charge in [-0.1, -0.05) is 11.6 Å². The first-order valence-corrected chi connectivity index (χ1v) is 8.14. The number of aromatic nitrogens is 3. The van der Waals surface area contributed by atoms with Gasteiger partial charge in [-0.05, 0) is 37.8 Å². The van der Waals surface area contributed by atoms with Crippen molar-refractivity contribution < 1.29 is 4.79 Å². The van der Waals surface area contributed by atoms with E-state index in [1.165, 1.54) is 0 Å². The Balaban J connectivity index is 1.55. The first kappa shape index (κ1) is 13.8. The van der Waals surface area contributed by atoms with Crippen molar-refractivity contribution in [3.05, 3.63) is 23.4 Å². The van der Waals surface area contributed by atoms with Crippen molar-refractivity contribution in [3.8, 4) is 0 Å². The lowest BCUT2D eigenvalue weighted by Crippen LogP contribution is -2.44. The van der Waals surface area contributed by atoms with Crippen LogP contribution in [0.25, 0.3) is 5.65 Å². The van der Waals surface area contributed by atoms with Gasteiger partial charge in [0.2, 0.25) is 11.9 Å². The number of piperidine rings is 1. The summed E-state index contributed by atoms with van der Waals surface area (Å²) in [5, 5.41) is 12.2. The van der Waals surface area contributed by atoms with Crippen LogP contribution in [0.2, 0.25) is 5.02 Å². The summed E-state index contributed by atoms with van der Waals surface area (Å²) in [6.07, 6.45) is 5.98. The van der Waals surface area contributed by atoms with Crippen molar-refractivity contribution >= 4 is 29.1 Å². The van der Waals surface area contributed by atoms with E-state index in [0.29, 0.717) is 17.6 Å². The number of nitrogens with zero attached hydrogens (tertiary/aromatic N) is 4. The minimum absolute atomic E-state index is 0.0286. The SMILES string of the molecule is O=C(NC1CC1)C1CCCN(c2nnc3ccc(Cl)cn23)C1. The predicted octanol–water partition coefficient (Wildman–Crippen LogP) is 1.88. The smallest absolute Gasteiger partial charge is 0.231 e. The Hall–Kier alpha value is -1.82. The number of carbonyl (C=O) groups excluding carboxylic acids is 1. The van der Waals surface area contributed by atoms with Crippen LogP contribution in [-0.2, 0) is 4.79 Å². The largest absolute Gasteiger partial charge is 0.353 e. The van der Waals surface area contributed by atoms with Gasteiger partial charge in [0.1, 0.15) is 0 Å². The van der Waals surface area contributed by atoms with Crippen LogP contribution in [0.1, 0.15) is 25.7 Å². The van der Waals surface area contributed by atoms with Crippen molar-refractivity contribution in [2.75, 3.05) is 18.0 Å². The molecule has 2 aromatic heterocycles. The molecule has 1 atom stereocenters. The molecule has 1 saturated carbocycles. The number of rotatable bonds is 3. The van der Waals surface area contributed by atoms with Gasteiger partial charge in [0.05, 0.1) is 10.9 Å². The third-order valence-electron chi connectivity index (χ3n) is 4.35. The molecule has 0 bridgehead atoms. The lowest BCUT2D eigenvalue weighted by Gasteiger charge is -2.32. The van der Waals surface area contributed by atoms with Crippen molar-refractivity contribution in [3.63, 3.8) is 0 Å². The first-order chi connectivity index (χ1) is 10.7. The highest BCUT2D eigenvalue weighted by atomic mass is 35.5. The quantitative estimate of drug-likeness (QED) is 0.938. The van der Waals surface area contributed by atoms with Gasteiger partial charge in [-0.2, -0.15) is 0 Å². The van der Waals surface area contributed by atoms with E-state index >= 15 is 0 Å². The Labute approximate surface area is 133 Å². The van der Waals surface area contributed by atoms with Gasteiger partial charge in [-0.3, -0.25) is 9.20 Å². The van der Waals surface area contributed by atoms with Crippen LogP contribution in [-0.4, -0.2) is 39.6 Å². The summed E-state index contributed by atoms with van der Waals surface area (Å²) >= 11 is 6.07. The molecule has 6 nitrogen and oxygen atoms in total. The fourth-order valence-corrected chi connectivity index (χ4v) is 3.15. The lowest BCUT2D eigenvalue weighted by molar-refractivity contribution is -0.125. The van der Waals surface area contributed by atoms with Crippen LogP contribution >= 0.6 is 11.6 Å². The molecular weight excluding hydrogens is 302 g/mol. The Morgan fingerprint density at radius 3 is 2.95 bits per heavy atom. The molecule has 0 radical (unpaired) electrons. The molecule has 1 unspecified atom stereocenters. The molecule has 22 heavy (non-hydrogen) atoms. The third kappa shape index (κ3) is 2.63. The zero-order chi connectivity index (χ0) is 15.1. The van der Waals surface area contributed by atoms with E-state index in [9.17, 15) is 4.79 Å². The van der Waals surface area contributed by atoms with Crippen LogP contribution < -0.4 is 10.2 Å². The topological polar surface area (TPSA) is 62.5 Å². The maximum Gasteiger partial charge on any atom is 0.231 e. The molecule has 1 aliphatic carbocycles. The highest BCUT2D eigenvalue weighted by Crippen LogP contribution is 2.25. The van der Waals surface area contributed by atoms with Gasteiger partial charge in [0.15, 0.2) is 5.65 Å². The number of anilines is 1. The second-order valence-corrected chi connectivity index (χ2v) is 6.58. The Morgan fingerprint density at radius 2 is 2.14 bits per heavy atom. The molecule has 1 N–H and O–H groups in total. The summed E-state index contributed by atoms with van der Waals surface area (Å²) in [4.78, 5) is 14.4. The fraction of sp³-hybridized carbons (Fsp3) is 0.533. The van der Waals surface area contributed by atoms with Gasteiger partial charge in [-0.15, -0.1) is 10.2 Å². The molecule has 1 saturated heterocycles. The van der Waals surface area contributed by atoms with Crippen LogP contribution in [0.3, 0.4) is 0 Å². The van der Waals surface area contributed by atoms with Crippen LogP contribution in [0, 0.1) is 5.92 Å². The van der Waals surface area contributed by atoms with Gasteiger partial charge in [0.25, 0.3) is 0 Å². The molecule has 0 aromatic carbocycles. The van der Waals surface area contributed by atoms with E-state index in [1.807, 2.05) is 16.7 Å². The van der Waals surface area contributed by atoms with Crippen molar-refractivity contribution in [2.45, 2.75) is 31.7 Å². The highest BCUT2D eigenvalue weighted by molar-refractivity contribution is 6.30.